The van der Waals surface area contributed by atoms with Gasteiger partial charge in [0, 0.05) is 57.4 Å². The fraction of sp³-hybridized carbons (Fsp3) is 0.364. The van der Waals surface area contributed by atoms with Crippen LogP contribution in [0.4, 0.5) is 5.82 Å². The molecule has 0 bridgehead atoms. The Hall–Kier alpha value is -3.04. The standard InChI is InChI=1S/C22H26N4O2/c1-2-17-28-20-8-4-3-7-19(20)18-23-12-10-22(27)26-15-13-25(14-16-26)21-9-5-6-11-24-21/h1,3-9,11,23H,10,12-18H2. The number of hydrogen-bond donors (Lipinski definition) is 1. The number of pyridine rings is 1. The Morgan fingerprint density at radius 2 is 1.93 bits per heavy atom. The van der Waals surface area contributed by atoms with Crippen LogP contribution in [-0.2, 0) is 11.3 Å². The molecule has 6 heteroatoms. The highest BCUT2D eigenvalue weighted by molar-refractivity contribution is 5.76. The average molecular weight is 378 g/mol. The Kier molecular flexibility index (Phi) is 7.28. The maximum absolute atomic E-state index is 12.5. The van der Waals surface area contributed by atoms with E-state index in [9.17, 15) is 4.79 Å². The molecule has 0 atom stereocenters. The molecule has 1 aromatic heterocycles. The molecule has 3 rings (SSSR count). The largest absolute Gasteiger partial charge is 0.481 e. The van der Waals surface area contributed by atoms with E-state index < -0.39 is 0 Å². The monoisotopic (exact) mass is 378 g/mol. The molecule has 1 amide bonds. The Morgan fingerprint density at radius 1 is 1.14 bits per heavy atom. The third-order valence-electron chi connectivity index (χ3n) is 4.72. The molecule has 1 aromatic carbocycles. The number of anilines is 1. The minimum Gasteiger partial charge on any atom is -0.481 e. The molecule has 1 aliphatic heterocycles. The zero-order valence-corrected chi connectivity index (χ0v) is 16.0. The summed E-state index contributed by atoms with van der Waals surface area (Å²) in [6, 6.07) is 13.7. The Bertz CT molecular complexity index is 796. The van der Waals surface area contributed by atoms with Crippen molar-refractivity contribution in [1.29, 1.82) is 0 Å². The fourth-order valence-corrected chi connectivity index (χ4v) is 3.21. The van der Waals surface area contributed by atoms with Gasteiger partial charge in [-0.1, -0.05) is 30.2 Å². The lowest BCUT2D eigenvalue weighted by Gasteiger charge is -2.35. The zero-order chi connectivity index (χ0) is 19.6. The number of para-hydroxylation sites is 1. The van der Waals surface area contributed by atoms with Gasteiger partial charge in [-0.25, -0.2) is 4.98 Å². The Labute approximate surface area is 166 Å². The number of ether oxygens (including phenoxy) is 1. The number of carbonyl (C=O) groups excluding carboxylic acids is 1. The summed E-state index contributed by atoms with van der Waals surface area (Å²) in [6.07, 6.45) is 7.54. The van der Waals surface area contributed by atoms with E-state index in [1.54, 1.807) is 6.20 Å². The molecule has 0 aliphatic carbocycles. The van der Waals surface area contributed by atoms with E-state index in [1.165, 1.54) is 0 Å². The van der Waals surface area contributed by atoms with Crippen LogP contribution in [0.1, 0.15) is 12.0 Å². The number of benzene rings is 1. The number of amides is 1. The first-order valence-electron chi connectivity index (χ1n) is 9.56. The zero-order valence-electron chi connectivity index (χ0n) is 16.0. The van der Waals surface area contributed by atoms with Crippen molar-refractivity contribution in [2.24, 2.45) is 0 Å². The first kappa shape index (κ1) is 19.7. The van der Waals surface area contributed by atoms with Crippen LogP contribution in [0, 0.1) is 12.3 Å². The van der Waals surface area contributed by atoms with Crippen LogP contribution in [0.2, 0.25) is 0 Å². The maximum atomic E-state index is 12.5. The average Bonchev–Trinajstić information content (AvgIpc) is 2.76. The second kappa shape index (κ2) is 10.3. The van der Waals surface area contributed by atoms with Gasteiger partial charge in [0.05, 0.1) is 0 Å². The van der Waals surface area contributed by atoms with Crippen LogP contribution in [-0.4, -0.2) is 55.1 Å². The molecule has 6 nitrogen and oxygen atoms in total. The molecule has 1 fully saturated rings. The molecule has 0 unspecified atom stereocenters. The van der Waals surface area contributed by atoms with Crippen molar-refractivity contribution in [2.75, 3.05) is 44.2 Å². The smallest absolute Gasteiger partial charge is 0.223 e. The molecule has 146 valence electrons. The number of nitrogens with zero attached hydrogens (tertiary/aromatic N) is 3. The second-order valence-corrected chi connectivity index (χ2v) is 6.58. The quantitative estimate of drug-likeness (QED) is 0.562. The van der Waals surface area contributed by atoms with Gasteiger partial charge in [-0.15, -0.1) is 6.42 Å². The van der Waals surface area contributed by atoms with Crippen LogP contribution in [0.3, 0.4) is 0 Å². The minimum atomic E-state index is 0.185. The van der Waals surface area contributed by atoms with E-state index in [4.69, 9.17) is 11.2 Å². The molecule has 0 saturated carbocycles. The predicted octanol–water partition coefficient (Wildman–Crippen LogP) is 1.92. The van der Waals surface area contributed by atoms with Gasteiger partial charge in [0.15, 0.2) is 0 Å². The first-order valence-corrected chi connectivity index (χ1v) is 9.56. The van der Waals surface area contributed by atoms with Gasteiger partial charge in [0.25, 0.3) is 0 Å². The highest BCUT2D eigenvalue weighted by Crippen LogP contribution is 2.17. The number of carbonyl (C=O) groups is 1. The van der Waals surface area contributed by atoms with Crippen molar-refractivity contribution in [3.05, 3.63) is 54.2 Å². The van der Waals surface area contributed by atoms with E-state index in [-0.39, 0.29) is 12.5 Å². The summed E-state index contributed by atoms with van der Waals surface area (Å²) < 4.78 is 5.55. The number of piperazine rings is 1. The number of hydrogen-bond acceptors (Lipinski definition) is 5. The number of rotatable bonds is 8. The highest BCUT2D eigenvalue weighted by Gasteiger charge is 2.21. The molecule has 0 spiro atoms. The summed E-state index contributed by atoms with van der Waals surface area (Å²) in [4.78, 5) is 21.0. The molecule has 2 heterocycles. The summed E-state index contributed by atoms with van der Waals surface area (Å²) in [5.74, 6) is 4.42. The maximum Gasteiger partial charge on any atom is 0.223 e. The summed E-state index contributed by atoms with van der Waals surface area (Å²) in [7, 11) is 0. The SMILES string of the molecule is C#CCOc1ccccc1CNCCC(=O)N1CCN(c2ccccn2)CC1. The van der Waals surface area contributed by atoms with Gasteiger partial charge in [0.2, 0.25) is 5.91 Å². The molecule has 1 aliphatic rings. The summed E-state index contributed by atoms with van der Waals surface area (Å²) >= 11 is 0. The summed E-state index contributed by atoms with van der Waals surface area (Å²) in [5, 5.41) is 3.32. The molecule has 28 heavy (non-hydrogen) atoms. The second-order valence-electron chi connectivity index (χ2n) is 6.58. The number of nitrogens with one attached hydrogen (secondary N) is 1. The summed E-state index contributed by atoms with van der Waals surface area (Å²) in [5.41, 5.74) is 1.04. The lowest BCUT2D eigenvalue weighted by molar-refractivity contribution is -0.131. The summed E-state index contributed by atoms with van der Waals surface area (Å²) in [6.45, 7) is 4.62. The van der Waals surface area contributed by atoms with Gasteiger partial charge in [0.1, 0.15) is 18.2 Å². The topological polar surface area (TPSA) is 57.7 Å². The highest BCUT2D eigenvalue weighted by atomic mass is 16.5. The molecule has 1 N–H and O–H groups in total. The first-order chi connectivity index (χ1) is 13.8. The van der Waals surface area contributed by atoms with Crippen molar-refractivity contribution in [3.8, 4) is 18.1 Å². The Balaban J connectivity index is 1.38. The molecule has 0 radical (unpaired) electrons. The molecular weight excluding hydrogens is 352 g/mol. The van der Waals surface area contributed by atoms with E-state index in [0.29, 0.717) is 19.5 Å². The van der Waals surface area contributed by atoms with Crippen molar-refractivity contribution < 1.29 is 9.53 Å². The Morgan fingerprint density at radius 3 is 2.68 bits per heavy atom. The van der Waals surface area contributed by atoms with Gasteiger partial charge >= 0.3 is 0 Å². The van der Waals surface area contributed by atoms with Crippen LogP contribution < -0.4 is 15.0 Å². The fourth-order valence-electron chi connectivity index (χ4n) is 3.21. The van der Waals surface area contributed by atoms with Gasteiger partial charge in [-0.2, -0.15) is 0 Å². The third kappa shape index (κ3) is 5.48. The van der Waals surface area contributed by atoms with E-state index >= 15 is 0 Å². The van der Waals surface area contributed by atoms with Crippen LogP contribution in [0.5, 0.6) is 5.75 Å². The van der Waals surface area contributed by atoms with E-state index in [2.05, 4.69) is 21.1 Å². The third-order valence-corrected chi connectivity index (χ3v) is 4.72. The van der Waals surface area contributed by atoms with Crippen molar-refractivity contribution in [3.63, 3.8) is 0 Å². The normalized spacial score (nSPS) is 13.8. The lowest BCUT2D eigenvalue weighted by Crippen LogP contribution is -2.49. The van der Waals surface area contributed by atoms with Crippen molar-refractivity contribution >= 4 is 11.7 Å². The van der Waals surface area contributed by atoms with Gasteiger partial charge in [-0.05, 0) is 18.2 Å². The molecule has 2 aromatic rings. The van der Waals surface area contributed by atoms with Crippen LogP contribution >= 0.6 is 0 Å². The molecular formula is C22H26N4O2. The molecule has 1 saturated heterocycles. The van der Waals surface area contributed by atoms with Gasteiger partial charge < -0.3 is 19.9 Å². The van der Waals surface area contributed by atoms with Crippen LogP contribution in [0.25, 0.3) is 0 Å². The minimum absolute atomic E-state index is 0.185. The van der Waals surface area contributed by atoms with Crippen LogP contribution in [0.15, 0.2) is 48.7 Å². The predicted molar refractivity (Wildman–Crippen MR) is 110 cm³/mol. The van der Waals surface area contributed by atoms with Gasteiger partial charge in [-0.3, -0.25) is 4.79 Å². The van der Waals surface area contributed by atoms with E-state index in [1.807, 2.05) is 47.4 Å². The van der Waals surface area contributed by atoms with Crippen molar-refractivity contribution in [1.82, 2.24) is 15.2 Å². The van der Waals surface area contributed by atoms with Crippen molar-refractivity contribution in [2.45, 2.75) is 13.0 Å². The number of terminal acetylenes is 1. The lowest BCUT2D eigenvalue weighted by atomic mass is 10.2. The number of aromatic nitrogens is 1. The van der Waals surface area contributed by atoms with E-state index in [0.717, 1.165) is 43.3 Å².